The molecular formula is C12H15ClN2OS. The van der Waals surface area contributed by atoms with Crippen LogP contribution < -0.4 is 0 Å². The number of rotatable bonds is 4. The zero-order valence-electron chi connectivity index (χ0n) is 9.87. The molecule has 5 heteroatoms. The summed E-state index contributed by atoms with van der Waals surface area (Å²) in [7, 11) is 1.71. The van der Waals surface area contributed by atoms with Gasteiger partial charge >= 0.3 is 0 Å². The maximum Gasteiger partial charge on any atom is 0.178 e. The van der Waals surface area contributed by atoms with Gasteiger partial charge in [0.15, 0.2) is 4.77 Å². The van der Waals surface area contributed by atoms with Crippen molar-refractivity contribution in [1.29, 1.82) is 0 Å². The number of halogens is 1. The van der Waals surface area contributed by atoms with E-state index < -0.39 is 0 Å². The third-order valence-corrected chi connectivity index (χ3v) is 3.39. The van der Waals surface area contributed by atoms with E-state index in [1.165, 1.54) is 0 Å². The first-order chi connectivity index (χ1) is 8.13. The molecule has 0 aliphatic carbocycles. The number of hydrogen-bond acceptors (Lipinski definition) is 2. The lowest BCUT2D eigenvalue weighted by atomic mass is 10.2. The van der Waals surface area contributed by atoms with Crippen LogP contribution in [-0.4, -0.2) is 23.3 Å². The number of benzene rings is 1. The summed E-state index contributed by atoms with van der Waals surface area (Å²) in [5.41, 5.74) is 2.06. The van der Waals surface area contributed by atoms with Gasteiger partial charge in [-0.15, -0.1) is 0 Å². The second kappa shape index (κ2) is 5.21. The zero-order chi connectivity index (χ0) is 12.4. The van der Waals surface area contributed by atoms with E-state index in [-0.39, 0.29) is 0 Å². The standard InChI is InChI=1S/C12H15ClN2OS/c1-8(5-6-16-2)15-11-4-3-9(13)7-10(11)14-12(15)17/h3-4,7-8H,5-6H2,1-2H3,(H,14,17). The molecule has 2 aromatic rings. The molecule has 0 saturated heterocycles. The average molecular weight is 271 g/mol. The average Bonchev–Trinajstić information content (AvgIpc) is 2.61. The van der Waals surface area contributed by atoms with Gasteiger partial charge in [-0.2, -0.15) is 0 Å². The van der Waals surface area contributed by atoms with E-state index in [0.29, 0.717) is 11.1 Å². The highest BCUT2D eigenvalue weighted by Gasteiger charge is 2.11. The molecule has 2 rings (SSSR count). The van der Waals surface area contributed by atoms with Crippen LogP contribution in [0.2, 0.25) is 5.02 Å². The molecule has 0 saturated carbocycles. The van der Waals surface area contributed by atoms with E-state index in [1.807, 2.05) is 18.2 Å². The van der Waals surface area contributed by atoms with Crippen LogP contribution in [0.15, 0.2) is 18.2 Å². The summed E-state index contributed by atoms with van der Waals surface area (Å²) in [6.45, 7) is 2.86. The summed E-state index contributed by atoms with van der Waals surface area (Å²) >= 11 is 11.3. The van der Waals surface area contributed by atoms with Crippen molar-refractivity contribution >= 4 is 34.9 Å². The highest BCUT2D eigenvalue weighted by Crippen LogP contribution is 2.23. The van der Waals surface area contributed by atoms with Gasteiger partial charge in [0, 0.05) is 24.8 Å². The van der Waals surface area contributed by atoms with Crippen molar-refractivity contribution in [3.05, 3.63) is 28.0 Å². The lowest BCUT2D eigenvalue weighted by molar-refractivity contribution is 0.181. The van der Waals surface area contributed by atoms with Crippen molar-refractivity contribution in [2.45, 2.75) is 19.4 Å². The molecule has 92 valence electrons. The zero-order valence-corrected chi connectivity index (χ0v) is 11.4. The van der Waals surface area contributed by atoms with Gasteiger partial charge in [-0.05, 0) is 43.8 Å². The molecule has 0 amide bonds. The fourth-order valence-corrected chi connectivity index (χ4v) is 2.52. The van der Waals surface area contributed by atoms with Crippen molar-refractivity contribution in [3.8, 4) is 0 Å². The fraction of sp³-hybridized carbons (Fsp3) is 0.417. The predicted molar refractivity (Wildman–Crippen MR) is 73.3 cm³/mol. The molecule has 3 nitrogen and oxygen atoms in total. The van der Waals surface area contributed by atoms with Crippen molar-refractivity contribution in [2.75, 3.05) is 13.7 Å². The van der Waals surface area contributed by atoms with E-state index in [1.54, 1.807) is 7.11 Å². The highest BCUT2D eigenvalue weighted by molar-refractivity contribution is 7.71. The van der Waals surface area contributed by atoms with Crippen molar-refractivity contribution in [3.63, 3.8) is 0 Å². The van der Waals surface area contributed by atoms with E-state index in [2.05, 4.69) is 16.5 Å². The van der Waals surface area contributed by atoms with Gasteiger partial charge in [0.1, 0.15) is 0 Å². The van der Waals surface area contributed by atoms with Crippen LogP contribution in [0, 0.1) is 4.77 Å². The second-order valence-electron chi connectivity index (χ2n) is 4.09. The van der Waals surface area contributed by atoms with Crippen LogP contribution >= 0.6 is 23.8 Å². The van der Waals surface area contributed by atoms with E-state index >= 15 is 0 Å². The first-order valence-electron chi connectivity index (χ1n) is 5.52. The Labute approximate surface area is 110 Å². The molecule has 1 heterocycles. The minimum absolute atomic E-state index is 0.303. The maximum atomic E-state index is 5.96. The lowest BCUT2D eigenvalue weighted by Gasteiger charge is -2.13. The minimum atomic E-state index is 0.303. The van der Waals surface area contributed by atoms with E-state index in [9.17, 15) is 0 Å². The van der Waals surface area contributed by atoms with E-state index in [0.717, 1.165) is 28.8 Å². The number of fused-ring (bicyclic) bond motifs is 1. The van der Waals surface area contributed by atoms with E-state index in [4.69, 9.17) is 28.6 Å². The van der Waals surface area contributed by atoms with Crippen LogP contribution in [0.3, 0.4) is 0 Å². The molecule has 0 aliphatic heterocycles. The van der Waals surface area contributed by atoms with Gasteiger partial charge in [0.05, 0.1) is 11.0 Å². The van der Waals surface area contributed by atoms with Crippen LogP contribution in [0.25, 0.3) is 11.0 Å². The molecule has 0 bridgehead atoms. The lowest BCUT2D eigenvalue weighted by Crippen LogP contribution is -2.07. The Kier molecular flexibility index (Phi) is 3.86. The first kappa shape index (κ1) is 12.6. The topological polar surface area (TPSA) is 29.9 Å². The largest absolute Gasteiger partial charge is 0.385 e. The third kappa shape index (κ3) is 2.54. The van der Waals surface area contributed by atoms with Gasteiger partial charge in [-0.3, -0.25) is 0 Å². The molecule has 0 fully saturated rings. The van der Waals surface area contributed by atoms with Gasteiger partial charge in [0.2, 0.25) is 0 Å². The number of imidazole rings is 1. The smallest absolute Gasteiger partial charge is 0.178 e. The Morgan fingerprint density at radius 2 is 2.29 bits per heavy atom. The Hall–Kier alpha value is -0.840. The second-order valence-corrected chi connectivity index (χ2v) is 4.92. The van der Waals surface area contributed by atoms with Gasteiger partial charge in [-0.1, -0.05) is 11.6 Å². The van der Waals surface area contributed by atoms with Crippen molar-refractivity contribution in [1.82, 2.24) is 9.55 Å². The summed E-state index contributed by atoms with van der Waals surface area (Å²) in [6, 6.07) is 6.07. The third-order valence-electron chi connectivity index (χ3n) is 2.86. The normalized spacial score (nSPS) is 13.1. The number of methoxy groups -OCH3 is 1. The number of aromatic nitrogens is 2. The van der Waals surface area contributed by atoms with Gasteiger partial charge in [-0.25, -0.2) is 0 Å². The Morgan fingerprint density at radius 3 is 3.00 bits per heavy atom. The summed E-state index contributed by atoms with van der Waals surface area (Å²) in [5, 5.41) is 0.713. The number of nitrogens with one attached hydrogen (secondary N) is 1. The number of hydrogen-bond donors (Lipinski definition) is 1. The Bertz CT molecular complexity index is 575. The number of ether oxygens (including phenoxy) is 1. The quantitative estimate of drug-likeness (QED) is 0.853. The number of H-pyrrole nitrogens is 1. The fourth-order valence-electron chi connectivity index (χ4n) is 1.96. The number of aromatic amines is 1. The molecule has 17 heavy (non-hydrogen) atoms. The monoisotopic (exact) mass is 270 g/mol. The molecule has 1 aromatic carbocycles. The van der Waals surface area contributed by atoms with Crippen LogP contribution in [-0.2, 0) is 4.74 Å². The molecule has 0 spiro atoms. The van der Waals surface area contributed by atoms with Crippen LogP contribution in [0.5, 0.6) is 0 Å². The SMILES string of the molecule is COCCC(C)n1c(=S)[nH]c2cc(Cl)ccc21. The van der Waals surface area contributed by atoms with Gasteiger partial charge in [0.25, 0.3) is 0 Å². The highest BCUT2D eigenvalue weighted by atomic mass is 35.5. The van der Waals surface area contributed by atoms with Gasteiger partial charge < -0.3 is 14.3 Å². The molecule has 1 atom stereocenters. The first-order valence-corrected chi connectivity index (χ1v) is 6.31. The predicted octanol–water partition coefficient (Wildman–Crippen LogP) is 3.95. The maximum absolute atomic E-state index is 5.96. The van der Waals surface area contributed by atoms with Crippen molar-refractivity contribution in [2.24, 2.45) is 0 Å². The summed E-state index contributed by atoms with van der Waals surface area (Å²) in [5.74, 6) is 0. The Balaban J connectivity index is 2.46. The Morgan fingerprint density at radius 1 is 1.53 bits per heavy atom. The summed E-state index contributed by atoms with van der Waals surface area (Å²) < 4.78 is 7.94. The van der Waals surface area contributed by atoms with Crippen LogP contribution in [0.1, 0.15) is 19.4 Å². The van der Waals surface area contributed by atoms with Crippen LogP contribution in [0.4, 0.5) is 0 Å². The minimum Gasteiger partial charge on any atom is -0.385 e. The molecule has 1 unspecified atom stereocenters. The molecule has 1 N–H and O–H groups in total. The molecular weight excluding hydrogens is 256 g/mol. The summed E-state index contributed by atoms with van der Waals surface area (Å²) in [6.07, 6.45) is 0.931. The summed E-state index contributed by atoms with van der Waals surface area (Å²) in [4.78, 5) is 3.18. The molecule has 0 aliphatic rings. The van der Waals surface area contributed by atoms with Crippen molar-refractivity contribution < 1.29 is 4.74 Å². The molecule has 1 aromatic heterocycles. The number of nitrogens with zero attached hydrogens (tertiary/aromatic N) is 1. The molecule has 0 radical (unpaired) electrons.